The van der Waals surface area contributed by atoms with Crippen LogP contribution in [0.4, 0.5) is 10.8 Å². The Morgan fingerprint density at radius 2 is 1.93 bits per heavy atom. The molecule has 152 valence electrons. The maximum absolute atomic E-state index is 12.8. The van der Waals surface area contributed by atoms with Crippen LogP contribution in [0, 0.1) is 0 Å². The first-order valence-electron chi connectivity index (χ1n) is 9.42. The molecule has 1 aliphatic rings. The van der Waals surface area contributed by atoms with E-state index in [1.165, 1.54) is 6.92 Å². The Balaban J connectivity index is 1.62. The summed E-state index contributed by atoms with van der Waals surface area (Å²) in [7, 11) is 0. The normalized spacial score (nSPS) is 13.5. The van der Waals surface area contributed by atoms with Gasteiger partial charge in [-0.3, -0.25) is 19.7 Å². The molecule has 2 amide bonds. The minimum absolute atomic E-state index is 0.00650. The number of Topliss-reactive ketones (excluding diaryl/α,β-unsaturated/α-hetero) is 1. The lowest BCUT2D eigenvalue weighted by molar-refractivity contribution is -0.117. The van der Waals surface area contributed by atoms with Crippen LogP contribution in [0.1, 0.15) is 39.8 Å². The molecule has 0 radical (unpaired) electrons. The van der Waals surface area contributed by atoms with Crippen LogP contribution in [-0.4, -0.2) is 29.1 Å². The molecule has 1 saturated heterocycles. The number of hydrogen-bond acceptors (Lipinski definition) is 5. The monoisotopic (exact) mass is 439 g/mol. The van der Waals surface area contributed by atoms with Gasteiger partial charge in [0.15, 0.2) is 10.9 Å². The Morgan fingerprint density at radius 1 is 1.17 bits per heavy atom. The Morgan fingerprint density at radius 3 is 2.60 bits per heavy atom. The van der Waals surface area contributed by atoms with Crippen molar-refractivity contribution >= 4 is 51.4 Å². The number of ketones is 1. The number of anilines is 2. The van der Waals surface area contributed by atoms with Crippen LogP contribution in [0.15, 0.2) is 48.5 Å². The summed E-state index contributed by atoms with van der Waals surface area (Å²) in [5, 5.41) is 3.51. The van der Waals surface area contributed by atoms with Gasteiger partial charge >= 0.3 is 0 Å². The smallest absolute Gasteiger partial charge is 0.257 e. The third kappa shape index (κ3) is 3.99. The zero-order chi connectivity index (χ0) is 21.3. The Labute approximate surface area is 182 Å². The number of nitrogens with one attached hydrogen (secondary N) is 1. The zero-order valence-corrected chi connectivity index (χ0v) is 17.7. The number of thiazole rings is 1. The first-order valence-corrected chi connectivity index (χ1v) is 10.6. The number of carbonyl (C=O) groups excluding carboxylic acids is 3. The van der Waals surface area contributed by atoms with Crippen molar-refractivity contribution in [2.24, 2.45) is 0 Å². The second-order valence-electron chi connectivity index (χ2n) is 6.89. The molecular formula is C22H18ClN3O3S. The molecule has 1 aromatic heterocycles. The van der Waals surface area contributed by atoms with Gasteiger partial charge in [-0.15, -0.1) is 0 Å². The predicted octanol–water partition coefficient (Wildman–Crippen LogP) is 5.05. The molecule has 0 bridgehead atoms. The van der Waals surface area contributed by atoms with Gasteiger partial charge in [0.1, 0.15) is 0 Å². The molecule has 6 nitrogen and oxygen atoms in total. The number of rotatable bonds is 5. The first kappa shape index (κ1) is 20.3. The molecule has 3 aromatic rings. The number of aromatic nitrogens is 1. The molecule has 2 heterocycles. The average molecular weight is 440 g/mol. The molecule has 4 rings (SSSR count). The molecular weight excluding hydrogens is 422 g/mol. The van der Waals surface area contributed by atoms with Gasteiger partial charge < -0.3 is 4.90 Å². The van der Waals surface area contributed by atoms with Crippen molar-refractivity contribution in [3.05, 3.63) is 64.0 Å². The van der Waals surface area contributed by atoms with Gasteiger partial charge in [-0.1, -0.05) is 53.3 Å². The summed E-state index contributed by atoms with van der Waals surface area (Å²) in [5.74, 6) is -0.510. The van der Waals surface area contributed by atoms with Crippen molar-refractivity contribution < 1.29 is 14.4 Å². The Bertz CT molecular complexity index is 1140. The molecule has 0 aliphatic carbocycles. The SMILES string of the molecule is CC(=O)c1sc(NC(=O)c2ccc(Cl)c(N3CCCC3=O)c2)nc1-c1ccccc1. The zero-order valence-electron chi connectivity index (χ0n) is 16.1. The van der Waals surface area contributed by atoms with E-state index in [-0.39, 0.29) is 17.6 Å². The van der Waals surface area contributed by atoms with Crippen molar-refractivity contribution in [2.45, 2.75) is 19.8 Å². The third-order valence-corrected chi connectivity index (χ3v) is 6.18. The Hall–Kier alpha value is -3.03. The van der Waals surface area contributed by atoms with Gasteiger partial charge in [0.25, 0.3) is 5.91 Å². The maximum atomic E-state index is 12.8. The molecule has 0 spiro atoms. The van der Waals surface area contributed by atoms with Crippen LogP contribution in [-0.2, 0) is 4.79 Å². The quantitative estimate of drug-likeness (QED) is 0.564. The van der Waals surface area contributed by atoms with Gasteiger partial charge in [-0.2, -0.15) is 0 Å². The van der Waals surface area contributed by atoms with E-state index in [1.54, 1.807) is 23.1 Å². The van der Waals surface area contributed by atoms with Gasteiger partial charge in [0, 0.05) is 31.0 Å². The van der Waals surface area contributed by atoms with Crippen LogP contribution >= 0.6 is 22.9 Å². The van der Waals surface area contributed by atoms with E-state index < -0.39 is 0 Å². The maximum Gasteiger partial charge on any atom is 0.257 e. The predicted molar refractivity (Wildman–Crippen MR) is 119 cm³/mol. The number of nitrogens with zero attached hydrogens (tertiary/aromatic N) is 2. The van der Waals surface area contributed by atoms with Crippen LogP contribution in [0.25, 0.3) is 11.3 Å². The minimum atomic E-state index is -0.386. The molecule has 0 saturated carbocycles. The second-order valence-corrected chi connectivity index (χ2v) is 8.29. The molecule has 0 atom stereocenters. The van der Waals surface area contributed by atoms with Crippen LogP contribution in [0.2, 0.25) is 5.02 Å². The first-order chi connectivity index (χ1) is 14.4. The fourth-order valence-electron chi connectivity index (χ4n) is 3.34. The summed E-state index contributed by atoms with van der Waals surface area (Å²) in [4.78, 5) is 43.5. The van der Waals surface area contributed by atoms with E-state index in [0.29, 0.717) is 44.9 Å². The lowest BCUT2D eigenvalue weighted by Crippen LogP contribution is -2.24. The van der Waals surface area contributed by atoms with Crippen molar-refractivity contribution in [3.63, 3.8) is 0 Å². The molecule has 1 aliphatic heterocycles. The number of carbonyl (C=O) groups is 3. The summed E-state index contributed by atoms with van der Waals surface area (Å²) in [6, 6.07) is 14.2. The molecule has 1 N–H and O–H groups in total. The molecule has 0 unspecified atom stereocenters. The van der Waals surface area contributed by atoms with E-state index in [2.05, 4.69) is 10.3 Å². The highest BCUT2D eigenvalue weighted by Gasteiger charge is 2.25. The molecule has 2 aromatic carbocycles. The Kier molecular flexibility index (Phi) is 5.65. The standard InChI is InChI=1S/C22H18ClN3O3S/c1-13(27)20-19(14-6-3-2-4-7-14)24-22(30-20)25-21(29)15-9-10-16(23)17(12-15)26-11-5-8-18(26)28/h2-4,6-7,9-10,12H,5,8,11H2,1H3,(H,24,25,29). The summed E-state index contributed by atoms with van der Waals surface area (Å²) in [6.07, 6.45) is 1.24. The summed E-state index contributed by atoms with van der Waals surface area (Å²) in [6.45, 7) is 2.06. The van der Waals surface area contributed by atoms with E-state index in [0.717, 1.165) is 23.3 Å². The van der Waals surface area contributed by atoms with Crippen LogP contribution in [0.5, 0.6) is 0 Å². The lowest BCUT2D eigenvalue weighted by Gasteiger charge is -2.18. The lowest BCUT2D eigenvalue weighted by atomic mass is 10.1. The van der Waals surface area contributed by atoms with Crippen LogP contribution in [0.3, 0.4) is 0 Å². The van der Waals surface area contributed by atoms with Crippen molar-refractivity contribution in [1.82, 2.24) is 4.98 Å². The van der Waals surface area contributed by atoms with Crippen molar-refractivity contribution in [1.29, 1.82) is 0 Å². The number of amides is 2. The summed E-state index contributed by atoms with van der Waals surface area (Å²) >= 11 is 7.40. The van der Waals surface area contributed by atoms with Gasteiger partial charge in [0.2, 0.25) is 5.91 Å². The van der Waals surface area contributed by atoms with Crippen molar-refractivity contribution in [3.8, 4) is 11.3 Å². The van der Waals surface area contributed by atoms with Crippen LogP contribution < -0.4 is 10.2 Å². The molecule has 1 fully saturated rings. The van der Waals surface area contributed by atoms with Gasteiger partial charge in [0.05, 0.1) is 21.3 Å². The van der Waals surface area contributed by atoms with E-state index >= 15 is 0 Å². The van der Waals surface area contributed by atoms with E-state index in [4.69, 9.17) is 11.6 Å². The topological polar surface area (TPSA) is 79.4 Å². The fourth-order valence-corrected chi connectivity index (χ4v) is 4.43. The third-order valence-electron chi connectivity index (χ3n) is 4.79. The number of benzene rings is 2. The van der Waals surface area contributed by atoms with Crippen molar-refractivity contribution in [2.75, 3.05) is 16.8 Å². The largest absolute Gasteiger partial charge is 0.311 e. The summed E-state index contributed by atoms with van der Waals surface area (Å²) in [5.41, 5.74) is 2.24. The molecule has 8 heteroatoms. The average Bonchev–Trinajstić information content (AvgIpc) is 3.35. The highest BCUT2D eigenvalue weighted by molar-refractivity contribution is 7.18. The van der Waals surface area contributed by atoms with E-state index in [9.17, 15) is 14.4 Å². The summed E-state index contributed by atoms with van der Waals surface area (Å²) < 4.78 is 0. The fraction of sp³-hybridized carbons (Fsp3) is 0.182. The van der Waals surface area contributed by atoms with E-state index in [1.807, 2.05) is 30.3 Å². The number of halogens is 1. The number of hydrogen-bond donors (Lipinski definition) is 1. The van der Waals surface area contributed by atoms with Gasteiger partial charge in [-0.25, -0.2) is 4.98 Å². The minimum Gasteiger partial charge on any atom is -0.311 e. The second kappa shape index (κ2) is 8.38. The highest BCUT2D eigenvalue weighted by Crippen LogP contribution is 2.33. The highest BCUT2D eigenvalue weighted by atomic mass is 35.5. The van der Waals surface area contributed by atoms with Gasteiger partial charge in [-0.05, 0) is 24.6 Å². The molecule has 30 heavy (non-hydrogen) atoms.